The van der Waals surface area contributed by atoms with Gasteiger partial charge in [0.25, 0.3) is 0 Å². The number of fused-ring (bicyclic) bond motifs is 1. The van der Waals surface area contributed by atoms with Gasteiger partial charge in [0.2, 0.25) is 15.7 Å². The van der Waals surface area contributed by atoms with Crippen LogP contribution in [0.5, 0.6) is 0 Å². The van der Waals surface area contributed by atoms with Gasteiger partial charge in [0.15, 0.2) is 0 Å². The molecule has 2 atom stereocenters. The minimum absolute atomic E-state index is 0.00601. The van der Waals surface area contributed by atoms with Gasteiger partial charge in [-0.05, 0) is 50.1 Å². The van der Waals surface area contributed by atoms with E-state index in [4.69, 9.17) is 0 Å². The highest BCUT2D eigenvalue weighted by atomic mass is 32.2. The molecule has 1 aliphatic rings. The van der Waals surface area contributed by atoms with Crippen molar-refractivity contribution in [3.63, 3.8) is 0 Å². The summed E-state index contributed by atoms with van der Waals surface area (Å²) in [5.74, 6) is 0.654. The predicted molar refractivity (Wildman–Crippen MR) is 139 cm³/mol. The van der Waals surface area contributed by atoms with E-state index in [-0.39, 0.29) is 34.3 Å². The summed E-state index contributed by atoms with van der Waals surface area (Å²) in [4.78, 5) is 27.2. The van der Waals surface area contributed by atoms with Crippen molar-refractivity contribution in [2.24, 2.45) is 0 Å². The smallest absolute Gasteiger partial charge is 0.242 e. The van der Waals surface area contributed by atoms with Gasteiger partial charge in [0, 0.05) is 24.8 Å². The van der Waals surface area contributed by atoms with E-state index in [1.54, 1.807) is 54.6 Å². The fourth-order valence-electron chi connectivity index (χ4n) is 4.70. The van der Waals surface area contributed by atoms with Crippen molar-refractivity contribution < 1.29 is 13.2 Å². The second-order valence-electron chi connectivity index (χ2n) is 8.85. The number of para-hydroxylation sites is 1. The Kier molecular flexibility index (Phi) is 6.60. The first-order valence-electron chi connectivity index (χ1n) is 11.9. The number of aromatic nitrogens is 3. The van der Waals surface area contributed by atoms with E-state index in [0.717, 1.165) is 29.7 Å². The fourth-order valence-corrected chi connectivity index (χ4v) is 6.15. The van der Waals surface area contributed by atoms with Crippen molar-refractivity contribution in [3.8, 4) is 0 Å². The summed E-state index contributed by atoms with van der Waals surface area (Å²) in [5.41, 5.74) is 1.17. The number of nitrogens with one attached hydrogen (secondary N) is 3. The molecule has 1 aliphatic heterocycles. The van der Waals surface area contributed by atoms with Crippen LogP contribution in [0.3, 0.4) is 0 Å². The Morgan fingerprint density at radius 3 is 2.69 bits per heavy atom. The fraction of sp³-hybridized carbons (Fsp3) is 0.269. The van der Waals surface area contributed by atoms with Crippen LogP contribution >= 0.6 is 0 Å². The van der Waals surface area contributed by atoms with E-state index in [1.807, 2.05) is 24.1 Å². The van der Waals surface area contributed by atoms with Crippen molar-refractivity contribution in [3.05, 3.63) is 73.2 Å². The first-order chi connectivity index (χ1) is 17.4. The van der Waals surface area contributed by atoms with Gasteiger partial charge in [-0.3, -0.25) is 4.79 Å². The Balaban J connectivity index is 1.29. The van der Waals surface area contributed by atoms with Crippen molar-refractivity contribution in [2.75, 3.05) is 23.7 Å². The van der Waals surface area contributed by atoms with E-state index in [1.165, 1.54) is 6.33 Å². The molecule has 2 aromatic heterocycles. The van der Waals surface area contributed by atoms with Crippen molar-refractivity contribution in [2.45, 2.75) is 41.6 Å². The number of aromatic amines is 1. The monoisotopic (exact) mass is 504 g/mol. The molecule has 3 heterocycles. The van der Waals surface area contributed by atoms with Crippen LogP contribution in [0.15, 0.2) is 83.0 Å². The number of H-pyrrole nitrogens is 1. The molecule has 0 saturated carbocycles. The zero-order chi connectivity index (χ0) is 25.1. The number of hydrogen-bond donors (Lipinski definition) is 3. The lowest BCUT2D eigenvalue weighted by atomic mass is 9.97. The third kappa shape index (κ3) is 4.64. The minimum atomic E-state index is -3.72. The lowest BCUT2D eigenvalue weighted by Crippen LogP contribution is -2.53. The molecule has 5 rings (SSSR count). The van der Waals surface area contributed by atoms with E-state index in [9.17, 15) is 13.2 Å². The Morgan fingerprint density at radius 2 is 1.86 bits per heavy atom. The first kappa shape index (κ1) is 23.8. The predicted octanol–water partition coefficient (Wildman–Crippen LogP) is 3.69. The molecule has 2 aromatic carbocycles. The van der Waals surface area contributed by atoms with Gasteiger partial charge < -0.3 is 20.5 Å². The van der Waals surface area contributed by atoms with Crippen LogP contribution in [0.2, 0.25) is 0 Å². The average molecular weight is 505 g/mol. The number of hydrogen-bond acceptors (Lipinski definition) is 7. The largest absolute Gasteiger partial charge is 0.375 e. The number of likely N-dealkylation sites (tertiary alicyclic amines) is 1. The highest BCUT2D eigenvalue weighted by Gasteiger charge is 2.31. The molecule has 1 amide bonds. The highest BCUT2D eigenvalue weighted by molar-refractivity contribution is 7.91. The molecule has 9 nitrogen and oxygen atoms in total. The molecule has 1 fully saturated rings. The zero-order valence-corrected chi connectivity index (χ0v) is 20.7. The Bertz CT molecular complexity index is 1470. The number of nitrogens with zero attached hydrogens (tertiary/aromatic N) is 3. The average Bonchev–Trinajstić information content (AvgIpc) is 3.39. The third-order valence-electron chi connectivity index (χ3n) is 6.64. The minimum Gasteiger partial charge on any atom is -0.375 e. The van der Waals surface area contributed by atoms with Crippen molar-refractivity contribution >= 4 is 38.3 Å². The summed E-state index contributed by atoms with van der Waals surface area (Å²) in [6.45, 7) is 2.67. The van der Waals surface area contributed by atoms with E-state index in [0.29, 0.717) is 12.2 Å². The molecule has 0 bridgehead atoms. The number of anilines is 2. The maximum Gasteiger partial charge on any atom is 0.242 e. The molecule has 4 aromatic rings. The van der Waals surface area contributed by atoms with Crippen LogP contribution in [0, 0.1) is 0 Å². The number of amides is 1. The molecule has 186 valence electrons. The van der Waals surface area contributed by atoms with E-state index < -0.39 is 9.84 Å². The maximum absolute atomic E-state index is 13.2. The molecule has 10 heteroatoms. The van der Waals surface area contributed by atoms with Crippen molar-refractivity contribution in [1.82, 2.24) is 19.9 Å². The standard InChI is InChI=1S/C26H28N6O3S/c1-18-21(31-26-20-13-14-27-25(20)29-17-30-26)11-7-15-32(18)24(33)16-28-22-10-5-6-12-23(22)36(34,35)19-8-3-2-4-9-19/h2-6,8-10,12-14,17-18,21,28H,7,11,15-16H2,1H3,(H2,27,29,30,31). The van der Waals surface area contributed by atoms with E-state index >= 15 is 0 Å². The SMILES string of the molecule is CC1C(Nc2ncnc3[nH]ccc23)CCCN1C(=O)CNc1ccccc1S(=O)(=O)c1ccccc1. The van der Waals surface area contributed by atoms with Gasteiger partial charge in [-0.2, -0.15) is 0 Å². The van der Waals surface area contributed by atoms with E-state index in [2.05, 4.69) is 25.6 Å². The summed E-state index contributed by atoms with van der Waals surface area (Å²) < 4.78 is 26.4. The second kappa shape index (κ2) is 9.98. The number of sulfone groups is 1. The normalized spacial score (nSPS) is 18.2. The summed E-state index contributed by atoms with van der Waals surface area (Å²) in [5, 5.41) is 7.49. The number of rotatable bonds is 7. The highest BCUT2D eigenvalue weighted by Crippen LogP contribution is 2.28. The zero-order valence-electron chi connectivity index (χ0n) is 19.9. The molecule has 36 heavy (non-hydrogen) atoms. The Labute approximate surface area is 209 Å². The number of carbonyl (C=O) groups excluding carboxylic acids is 1. The van der Waals surface area contributed by atoms with Crippen LogP contribution in [-0.2, 0) is 14.6 Å². The third-order valence-corrected chi connectivity index (χ3v) is 8.47. The quantitative estimate of drug-likeness (QED) is 0.351. The maximum atomic E-state index is 13.2. The van der Waals surface area contributed by atoms with Crippen molar-refractivity contribution in [1.29, 1.82) is 0 Å². The van der Waals surface area contributed by atoms with Gasteiger partial charge in [-0.15, -0.1) is 0 Å². The number of carbonyl (C=O) groups is 1. The van der Waals surface area contributed by atoms with Gasteiger partial charge >= 0.3 is 0 Å². The molecule has 0 spiro atoms. The van der Waals surface area contributed by atoms with Gasteiger partial charge in [0.1, 0.15) is 17.8 Å². The topological polar surface area (TPSA) is 120 Å². The number of benzene rings is 2. The van der Waals surface area contributed by atoms with Crippen LogP contribution in [0.1, 0.15) is 19.8 Å². The summed E-state index contributed by atoms with van der Waals surface area (Å²) in [7, 11) is -3.72. The molecule has 3 N–H and O–H groups in total. The van der Waals surface area contributed by atoms with Crippen LogP contribution in [0.4, 0.5) is 11.5 Å². The lowest BCUT2D eigenvalue weighted by Gasteiger charge is -2.40. The van der Waals surface area contributed by atoms with Crippen LogP contribution in [0.25, 0.3) is 11.0 Å². The lowest BCUT2D eigenvalue weighted by molar-refractivity contribution is -0.132. The summed E-state index contributed by atoms with van der Waals surface area (Å²) in [6, 6.07) is 16.9. The van der Waals surface area contributed by atoms with Gasteiger partial charge in [0.05, 0.1) is 27.4 Å². The molecule has 0 aliphatic carbocycles. The molecule has 0 radical (unpaired) electrons. The number of piperidine rings is 1. The van der Waals surface area contributed by atoms with Gasteiger partial charge in [-0.25, -0.2) is 18.4 Å². The first-order valence-corrected chi connectivity index (χ1v) is 13.4. The second-order valence-corrected chi connectivity index (χ2v) is 10.8. The van der Waals surface area contributed by atoms with Gasteiger partial charge in [-0.1, -0.05) is 30.3 Å². The molecule has 1 saturated heterocycles. The Hall–Kier alpha value is -3.92. The van der Waals surface area contributed by atoms with Crippen LogP contribution < -0.4 is 10.6 Å². The van der Waals surface area contributed by atoms with Crippen LogP contribution in [-0.4, -0.2) is 59.4 Å². The molecular formula is C26H28N6O3S. The summed E-state index contributed by atoms with van der Waals surface area (Å²) in [6.07, 6.45) is 5.11. The molecule has 2 unspecified atom stereocenters. The molecular weight excluding hydrogens is 476 g/mol. The Morgan fingerprint density at radius 1 is 1.08 bits per heavy atom. The summed E-state index contributed by atoms with van der Waals surface area (Å²) >= 11 is 0.